The maximum atomic E-state index is 4.73. The first-order chi connectivity index (χ1) is 3.93. The van der Waals surface area contributed by atoms with E-state index in [1.165, 1.54) is 0 Å². The van der Waals surface area contributed by atoms with Gasteiger partial charge in [-0.25, -0.2) is 0 Å². The Morgan fingerprint density at radius 3 is 2.12 bits per heavy atom. The van der Waals surface area contributed by atoms with Crippen LogP contribution in [0.15, 0.2) is 30.3 Å². The van der Waals surface area contributed by atoms with Gasteiger partial charge in [-0.2, -0.15) is 0 Å². The van der Waals surface area contributed by atoms with Crippen molar-refractivity contribution in [3.8, 4) is 5.75 Å². The third-order valence-electron chi connectivity index (χ3n) is 0.832. The summed E-state index contributed by atoms with van der Waals surface area (Å²) < 4.78 is 4.73. The SMILES string of the molecule is BrOc1ccccc1. The minimum Gasteiger partial charge on any atom is -0.418 e. The molecule has 0 heterocycles. The molecule has 0 N–H and O–H groups in total. The van der Waals surface area contributed by atoms with Gasteiger partial charge in [-0.1, -0.05) is 18.2 Å². The van der Waals surface area contributed by atoms with Crippen LogP contribution in [0.5, 0.6) is 5.75 Å². The molecule has 0 radical (unpaired) electrons. The van der Waals surface area contributed by atoms with Crippen molar-refractivity contribution >= 4 is 16.3 Å². The van der Waals surface area contributed by atoms with E-state index in [0.29, 0.717) is 0 Å². The summed E-state index contributed by atoms with van der Waals surface area (Å²) in [7, 11) is 0. The van der Waals surface area contributed by atoms with Crippen molar-refractivity contribution in [2.24, 2.45) is 0 Å². The van der Waals surface area contributed by atoms with Crippen molar-refractivity contribution in [1.82, 2.24) is 0 Å². The quantitative estimate of drug-likeness (QED) is 0.633. The summed E-state index contributed by atoms with van der Waals surface area (Å²) in [6, 6.07) is 9.51. The van der Waals surface area contributed by atoms with E-state index in [2.05, 4.69) is 16.3 Å². The minimum absolute atomic E-state index is 0.826. The lowest BCUT2D eigenvalue weighted by Crippen LogP contribution is -1.68. The van der Waals surface area contributed by atoms with Crippen LogP contribution in [-0.2, 0) is 0 Å². The predicted molar refractivity (Wildman–Crippen MR) is 36.0 cm³/mol. The molecule has 0 fully saturated rings. The predicted octanol–water partition coefficient (Wildman–Crippen LogP) is 2.38. The van der Waals surface area contributed by atoms with Crippen molar-refractivity contribution in [3.05, 3.63) is 30.3 Å². The van der Waals surface area contributed by atoms with Crippen molar-refractivity contribution < 1.29 is 3.83 Å². The van der Waals surface area contributed by atoms with E-state index in [1.807, 2.05) is 30.3 Å². The summed E-state index contributed by atoms with van der Waals surface area (Å²) in [5.74, 6) is 0.826. The minimum atomic E-state index is 0.826. The van der Waals surface area contributed by atoms with Gasteiger partial charge in [0.1, 0.15) is 5.75 Å². The topological polar surface area (TPSA) is 9.23 Å². The highest BCUT2D eigenvalue weighted by molar-refractivity contribution is 9.06. The summed E-state index contributed by atoms with van der Waals surface area (Å²) in [5, 5.41) is 0. The van der Waals surface area contributed by atoms with E-state index in [4.69, 9.17) is 3.83 Å². The monoisotopic (exact) mass is 172 g/mol. The van der Waals surface area contributed by atoms with Gasteiger partial charge in [0, 0.05) is 0 Å². The number of hydrogen-bond donors (Lipinski definition) is 0. The van der Waals surface area contributed by atoms with E-state index in [-0.39, 0.29) is 0 Å². The molecule has 1 nitrogen and oxygen atoms in total. The molecule has 1 rings (SSSR count). The number of hydrogen-bond acceptors (Lipinski definition) is 1. The Bertz CT molecular complexity index is 150. The van der Waals surface area contributed by atoms with Gasteiger partial charge >= 0.3 is 0 Å². The molecule has 1 aromatic carbocycles. The summed E-state index contributed by atoms with van der Waals surface area (Å²) >= 11 is 2.86. The van der Waals surface area contributed by atoms with Gasteiger partial charge < -0.3 is 3.83 Å². The van der Waals surface area contributed by atoms with E-state index in [9.17, 15) is 0 Å². The molecule has 0 bridgehead atoms. The highest BCUT2D eigenvalue weighted by Crippen LogP contribution is 2.09. The van der Waals surface area contributed by atoms with Crippen LogP contribution in [0.4, 0.5) is 0 Å². The summed E-state index contributed by atoms with van der Waals surface area (Å²) in [6.07, 6.45) is 0. The number of para-hydroxylation sites is 1. The zero-order valence-electron chi connectivity index (χ0n) is 4.17. The lowest BCUT2D eigenvalue weighted by Gasteiger charge is -1.90. The van der Waals surface area contributed by atoms with E-state index in [1.54, 1.807) is 0 Å². The van der Waals surface area contributed by atoms with Crippen LogP contribution >= 0.6 is 16.3 Å². The second-order valence-corrected chi connectivity index (χ2v) is 1.71. The molecule has 8 heavy (non-hydrogen) atoms. The third-order valence-corrected chi connectivity index (χ3v) is 1.21. The lowest BCUT2D eigenvalue weighted by atomic mass is 10.3. The van der Waals surface area contributed by atoms with Gasteiger partial charge in [-0.05, 0) is 12.1 Å². The van der Waals surface area contributed by atoms with Crippen LogP contribution in [0.1, 0.15) is 0 Å². The fourth-order valence-electron chi connectivity index (χ4n) is 0.472. The highest BCUT2D eigenvalue weighted by atomic mass is 79.9. The second-order valence-electron chi connectivity index (χ2n) is 1.39. The smallest absolute Gasteiger partial charge is 0.179 e. The number of halogens is 1. The molecule has 0 saturated carbocycles. The number of benzene rings is 1. The summed E-state index contributed by atoms with van der Waals surface area (Å²) in [4.78, 5) is 0. The number of rotatable bonds is 1. The maximum absolute atomic E-state index is 4.73. The van der Waals surface area contributed by atoms with Crippen molar-refractivity contribution in [3.63, 3.8) is 0 Å². The van der Waals surface area contributed by atoms with E-state index >= 15 is 0 Å². The molecule has 0 aliphatic rings. The van der Waals surface area contributed by atoms with Crippen LogP contribution in [0.25, 0.3) is 0 Å². The Balaban J connectivity index is 2.83. The molecule has 2 heteroatoms. The molecule has 0 aromatic heterocycles. The molecule has 0 unspecified atom stereocenters. The largest absolute Gasteiger partial charge is 0.418 e. The first kappa shape index (κ1) is 5.63. The highest BCUT2D eigenvalue weighted by Gasteiger charge is 1.82. The molecule has 0 amide bonds. The lowest BCUT2D eigenvalue weighted by molar-refractivity contribution is 0.678. The fourth-order valence-corrected chi connectivity index (χ4v) is 0.688. The van der Waals surface area contributed by atoms with Gasteiger partial charge in [0.25, 0.3) is 0 Å². The van der Waals surface area contributed by atoms with Crippen molar-refractivity contribution in [1.29, 1.82) is 0 Å². The second kappa shape index (κ2) is 2.72. The van der Waals surface area contributed by atoms with E-state index < -0.39 is 0 Å². The Morgan fingerprint density at radius 2 is 1.75 bits per heavy atom. The average Bonchev–Trinajstić information content (AvgIpc) is 1.90. The van der Waals surface area contributed by atoms with Crippen LogP contribution in [0.3, 0.4) is 0 Å². The molecular formula is C6H5BrO. The van der Waals surface area contributed by atoms with Crippen molar-refractivity contribution in [2.75, 3.05) is 0 Å². The van der Waals surface area contributed by atoms with Gasteiger partial charge in [-0.15, -0.1) is 0 Å². The Hall–Kier alpha value is -0.500. The Morgan fingerprint density at radius 1 is 1.12 bits per heavy atom. The molecule has 0 saturated heterocycles. The van der Waals surface area contributed by atoms with Gasteiger partial charge in [0.05, 0.1) is 0 Å². The van der Waals surface area contributed by atoms with Crippen molar-refractivity contribution in [2.45, 2.75) is 0 Å². The fraction of sp³-hybridized carbons (Fsp3) is 0. The summed E-state index contributed by atoms with van der Waals surface area (Å²) in [6.45, 7) is 0. The van der Waals surface area contributed by atoms with Gasteiger partial charge in [0.2, 0.25) is 0 Å². The molecule has 0 atom stereocenters. The third kappa shape index (κ3) is 1.23. The standard InChI is InChI=1S/C6H5BrO/c7-8-6-4-2-1-3-5-6/h1-5H. The van der Waals surface area contributed by atoms with Crippen LogP contribution < -0.4 is 3.83 Å². The maximum Gasteiger partial charge on any atom is 0.179 e. The Kier molecular flexibility index (Phi) is 1.92. The van der Waals surface area contributed by atoms with Gasteiger partial charge in [0.15, 0.2) is 16.3 Å². The van der Waals surface area contributed by atoms with Gasteiger partial charge in [-0.3, -0.25) is 0 Å². The zero-order chi connectivity index (χ0) is 5.82. The van der Waals surface area contributed by atoms with E-state index in [0.717, 1.165) is 5.75 Å². The zero-order valence-corrected chi connectivity index (χ0v) is 5.76. The van der Waals surface area contributed by atoms with Crippen LogP contribution in [0, 0.1) is 0 Å². The molecule has 42 valence electrons. The molecular weight excluding hydrogens is 168 g/mol. The van der Waals surface area contributed by atoms with Crippen LogP contribution in [0.2, 0.25) is 0 Å². The molecule has 0 aliphatic carbocycles. The molecule has 0 aliphatic heterocycles. The average molecular weight is 173 g/mol. The summed E-state index contributed by atoms with van der Waals surface area (Å²) in [5.41, 5.74) is 0. The first-order valence-electron chi connectivity index (χ1n) is 2.27. The van der Waals surface area contributed by atoms with Crippen LogP contribution in [-0.4, -0.2) is 0 Å². The first-order valence-corrected chi connectivity index (χ1v) is 2.92. The molecule has 1 aromatic rings. The normalized spacial score (nSPS) is 8.62. The Labute approximate surface area is 56.7 Å². The molecule has 0 spiro atoms.